The smallest absolute Gasteiger partial charge is 0.315 e. The van der Waals surface area contributed by atoms with E-state index in [4.69, 9.17) is 9.15 Å². The maximum absolute atomic E-state index is 5.60. The summed E-state index contributed by atoms with van der Waals surface area (Å²) >= 11 is 0. The van der Waals surface area contributed by atoms with Gasteiger partial charge in [0.25, 0.3) is 0 Å². The van der Waals surface area contributed by atoms with Crippen LogP contribution >= 0.6 is 0 Å². The monoisotopic (exact) mass is 254 g/mol. The van der Waals surface area contributed by atoms with Gasteiger partial charge in [-0.1, -0.05) is 12.0 Å². The molecule has 3 unspecified atom stereocenters. The van der Waals surface area contributed by atoms with E-state index in [1.807, 2.05) is 6.92 Å². The average Bonchev–Trinajstić information content (AvgIpc) is 2.78. The van der Waals surface area contributed by atoms with E-state index >= 15 is 0 Å². The van der Waals surface area contributed by atoms with Crippen LogP contribution in [0.4, 0.5) is 6.01 Å². The first-order valence-electron chi connectivity index (χ1n) is 6.64. The Hall–Kier alpha value is -1.14. The van der Waals surface area contributed by atoms with Crippen LogP contribution in [0.1, 0.15) is 45.5 Å². The molecule has 6 nitrogen and oxygen atoms in total. The Morgan fingerprint density at radius 1 is 1.44 bits per heavy atom. The molecule has 2 heterocycles. The molecular formula is C12H22N4O2. The highest BCUT2D eigenvalue weighted by Gasteiger charge is 2.21. The van der Waals surface area contributed by atoms with Gasteiger partial charge in [0.05, 0.1) is 12.1 Å². The largest absolute Gasteiger partial charge is 0.406 e. The molecule has 2 N–H and O–H groups in total. The molecule has 1 saturated heterocycles. The summed E-state index contributed by atoms with van der Waals surface area (Å²) < 4.78 is 11.1. The average molecular weight is 254 g/mol. The maximum Gasteiger partial charge on any atom is 0.315 e. The van der Waals surface area contributed by atoms with Gasteiger partial charge >= 0.3 is 6.01 Å². The minimum atomic E-state index is 0.0895. The zero-order valence-electron chi connectivity index (χ0n) is 11.3. The topological polar surface area (TPSA) is 72.2 Å². The highest BCUT2D eigenvalue weighted by atomic mass is 16.5. The first-order valence-corrected chi connectivity index (χ1v) is 6.64. The van der Waals surface area contributed by atoms with Crippen molar-refractivity contribution >= 4 is 6.01 Å². The van der Waals surface area contributed by atoms with Crippen LogP contribution in [-0.4, -0.2) is 35.5 Å². The lowest BCUT2D eigenvalue weighted by molar-refractivity contribution is 0.0229. The van der Waals surface area contributed by atoms with Gasteiger partial charge in [-0.3, -0.25) is 0 Å². The molecule has 0 amide bonds. The number of hydrogen-bond donors (Lipinski definition) is 2. The summed E-state index contributed by atoms with van der Waals surface area (Å²) in [6.07, 6.45) is 2.24. The fraction of sp³-hybridized carbons (Fsp3) is 0.833. The molecule has 0 aliphatic carbocycles. The highest BCUT2D eigenvalue weighted by Crippen LogP contribution is 2.19. The van der Waals surface area contributed by atoms with Gasteiger partial charge in [-0.25, -0.2) is 0 Å². The zero-order valence-corrected chi connectivity index (χ0v) is 11.3. The van der Waals surface area contributed by atoms with E-state index in [2.05, 4.69) is 34.7 Å². The van der Waals surface area contributed by atoms with Crippen LogP contribution in [0.3, 0.4) is 0 Å². The molecule has 1 aromatic heterocycles. The SMILES string of the molecule is CCNC(C)c1nnc(NC2CCOC(C)C2)o1. The van der Waals surface area contributed by atoms with Gasteiger partial charge in [-0.05, 0) is 33.2 Å². The van der Waals surface area contributed by atoms with Crippen LogP contribution in [0, 0.1) is 0 Å². The summed E-state index contributed by atoms with van der Waals surface area (Å²) in [6, 6.07) is 0.956. The minimum absolute atomic E-state index is 0.0895. The molecule has 0 aromatic carbocycles. The Labute approximate surface area is 107 Å². The first kappa shape index (κ1) is 13.3. The van der Waals surface area contributed by atoms with Crippen LogP contribution in [0.25, 0.3) is 0 Å². The van der Waals surface area contributed by atoms with Gasteiger partial charge in [0.15, 0.2) is 0 Å². The van der Waals surface area contributed by atoms with Crippen LogP contribution in [0.2, 0.25) is 0 Å². The molecule has 0 bridgehead atoms. The summed E-state index contributed by atoms with van der Waals surface area (Å²) in [4.78, 5) is 0. The summed E-state index contributed by atoms with van der Waals surface area (Å²) in [6.45, 7) is 7.81. The van der Waals surface area contributed by atoms with Crippen molar-refractivity contribution in [2.75, 3.05) is 18.5 Å². The van der Waals surface area contributed by atoms with E-state index in [1.165, 1.54) is 0 Å². The molecule has 2 rings (SSSR count). The third kappa shape index (κ3) is 3.43. The number of rotatable bonds is 5. The zero-order chi connectivity index (χ0) is 13.0. The lowest BCUT2D eigenvalue weighted by Gasteiger charge is -2.27. The molecule has 18 heavy (non-hydrogen) atoms. The van der Waals surface area contributed by atoms with Crippen molar-refractivity contribution in [3.63, 3.8) is 0 Å². The first-order chi connectivity index (χ1) is 8.69. The molecule has 1 fully saturated rings. The van der Waals surface area contributed by atoms with Gasteiger partial charge in [0, 0.05) is 12.6 Å². The summed E-state index contributed by atoms with van der Waals surface area (Å²) in [5.41, 5.74) is 0. The number of anilines is 1. The van der Waals surface area contributed by atoms with Crippen molar-refractivity contribution in [2.24, 2.45) is 0 Å². The van der Waals surface area contributed by atoms with Gasteiger partial charge < -0.3 is 19.8 Å². The van der Waals surface area contributed by atoms with E-state index in [9.17, 15) is 0 Å². The standard InChI is InChI=1S/C12H22N4O2/c1-4-13-9(3)11-15-16-12(18-11)14-10-5-6-17-8(2)7-10/h8-10,13H,4-7H2,1-3H3,(H,14,16). The number of aromatic nitrogens is 2. The summed E-state index contributed by atoms with van der Waals surface area (Å²) in [5.74, 6) is 0.624. The van der Waals surface area contributed by atoms with Crippen LogP contribution in [0.15, 0.2) is 4.42 Å². The van der Waals surface area contributed by atoms with Crippen molar-refractivity contribution in [3.05, 3.63) is 5.89 Å². The van der Waals surface area contributed by atoms with E-state index in [0.29, 0.717) is 24.1 Å². The Balaban J connectivity index is 1.89. The summed E-state index contributed by atoms with van der Waals surface area (Å²) in [5, 5.41) is 14.6. The Morgan fingerprint density at radius 3 is 3.00 bits per heavy atom. The number of nitrogens with zero attached hydrogens (tertiary/aromatic N) is 2. The summed E-state index contributed by atoms with van der Waals surface area (Å²) in [7, 11) is 0. The molecule has 102 valence electrons. The molecule has 0 radical (unpaired) electrons. The molecule has 3 atom stereocenters. The van der Waals surface area contributed by atoms with Crippen molar-refractivity contribution in [1.29, 1.82) is 0 Å². The second-order valence-electron chi connectivity index (χ2n) is 4.77. The fourth-order valence-corrected chi connectivity index (χ4v) is 2.17. The third-order valence-electron chi connectivity index (χ3n) is 3.13. The Kier molecular flexibility index (Phi) is 4.54. The predicted octanol–water partition coefficient (Wildman–Crippen LogP) is 1.72. The molecular weight excluding hydrogens is 232 g/mol. The molecule has 0 spiro atoms. The number of ether oxygens (including phenoxy) is 1. The van der Waals surface area contributed by atoms with Crippen LogP contribution in [0.5, 0.6) is 0 Å². The van der Waals surface area contributed by atoms with Crippen molar-refractivity contribution in [3.8, 4) is 0 Å². The molecule has 1 aromatic rings. The van der Waals surface area contributed by atoms with Gasteiger partial charge in [-0.2, -0.15) is 0 Å². The highest BCUT2D eigenvalue weighted by molar-refractivity contribution is 5.20. The van der Waals surface area contributed by atoms with Crippen LogP contribution < -0.4 is 10.6 Å². The Morgan fingerprint density at radius 2 is 2.28 bits per heavy atom. The normalized spacial score (nSPS) is 25.9. The predicted molar refractivity (Wildman–Crippen MR) is 68.4 cm³/mol. The van der Waals surface area contributed by atoms with Crippen molar-refractivity contribution < 1.29 is 9.15 Å². The number of nitrogens with one attached hydrogen (secondary N) is 2. The Bertz CT molecular complexity index is 369. The van der Waals surface area contributed by atoms with Crippen LogP contribution in [-0.2, 0) is 4.74 Å². The fourth-order valence-electron chi connectivity index (χ4n) is 2.17. The third-order valence-corrected chi connectivity index (χ3v) is 3.13. The van der Waals surface area contributed by atoms with E-state index < -0.39 is 0 Å². The molecule has 1 aliphatic heterocycles. The van der Waals surface area contributed by atoms with Gasteiger partial charge in [0.2, 0.25) is 5.89 Å². The second-order valence-corrected chi connectivity index (χ2v) is 4.77. The van der Waals surface area contributed by atoms with Crippen molar-refractivity contribution in [2.45, 2.75) is 51.8 Å². The molecule has 6 heteroatoms. The van der Waals surface area contributed by atoms with E-state index in [-0.39, 0.29) is 6.04 Å². The van der Waals surface area contributed by atoms with Gasteiger partial charge in [0.1, 0.15) is 0 Å². The maximum atomic E-state index is 5.60. The van der Waals surface area contributed by atoms with Crippen molar-refractivity contribution in [1.82, 2.24) is 15.5 Å². The lowest BCUT2D eigenvalue weighted by atomic mass is 10.1. The van der Waals surface area contributed by atoms with Gasteiger partial charge in [-0.15, -0.1) is 5.10 Å². The second kappa shape index (κ2) is 6.15. The minimum Gasteiger partial charge on any atom is -0.406 e. The van der Waals surface area contributed by atoms with E-state index in [1.54, 1.807) is 0 Å². The quantitative estimate of drug-likeness (QED) is 0.833. The lowest BCUT2D eigenvalue weighted by Crippen LogP contribution is -2.32. The number of hydrogen-bond acceptors (Lipinski definition) is 6. The molecule has 1 aliphatic rings. The molecule has 0 saturated carbocycles. The van der Waals surface area contributed by atoms with E-state index in [0.717, 1.165) is 26.0 Å².